The predicted octanol–water partition coefficient (Wildman–Crippen LogP) is 2.53. The molecule has 0 unspecified atom stereocenters. The van der Waals surface area contributed by atoms with Crippen molar-refractivity contribution in [1.29, 1.82) is 0 Å². The van der Waals surface area contributed by atoms with Crippen molar-refractivity contribution in [2.75, 3.05) is 5.32 Å². The number of aromatic nitrogens is 3. The van der Waals surface area contributed by atoms with Gasteiger partial charge in [0.05, 0.1) is 5.52 Å². The van der Waals surface area contributed by atoms with E-state index in [1.807, 2.05) is 45.9 Å². The Morgan fingerprint density at radius 2 is 1.96 bits per heavy atom. The Hall–Kier alpha value is -2.74. The fraction of sp³-hybridized carbons (Fsp3) is 0.368. The number of hydrogen-bond acceptors (Lipinski definition) is 5. The third kappa shape index (κ3) is 3.85. The number of carbonyl (C=O) groups excluding carboxylic acids is 1. The summed E-state index contributed by atoms with van der Waals surface area (Å²) < 4.78 is 6.61. The average molecular weight is 386 g/mol. The molecule has 142 valence electrons. The Labute approximate surface area is 160 Å². The first-order valence-electron chi connectivity index (χ1n) is 8.72. The minimum absolute atomic E-state index is 0.115. The molecule has 0 saturated heterocycles. The zero-order valence-electron chi connectivity index (χ0n) is 15.8. The van der Waals surface area contributed by atoms with Crippen LogP contribution < -0.4 is 16.6 Å². The summed E-state index contributed by atoms with van der Waals surface area (Å²) in [4.78, 5) is 38.0. The molecule has 0 bridgehead atoms. The number of nitrogens with zero attached hydrogens (tertiary/aromatic N) is 3. The van der Waals surface area contributed by atoms with Crippen molar-refractivity contribution in [3.05, 3.63) is 55.5 Å². The first-order chi connectivity index (χ1) is 12.8. The largest absolute Gasteiger partial charge is 0.332 e. The van der Waals surface area contributed by atoms with E-state index in [0.717, 1.165) is 27.2 Å². The van der Waals surface area contributed by atoms with E-state index in [1.165, 1.54) is 4.57 Å². The average Bonchev–Trinajstić information content (AvgIpc) is 3.08. The Bertz CT molecular complexity index is 1120. The maximum absolute atomic E-state index is 12.9. The molecule has 0 spiro atoms. The second-order valence-electron chi connectivity index (χ2n) is 7.09. The van der Waals surface area contributed by atoms with E-state index in [1.54, 1.807) is 5.38 Å². The molecule has 0 aliphatic heterocycles. The van der Waals surface area contributed by atoms with Crippen molar-refractivity contribution >= 4 is 34.2 Å². The molecule has 1 N–H and O–H groups in total. The lowest BCUT2D eigenvalue weighted by atomic mass is 10.1. The molecule has 8 heteroatoms. The van der Waals surface area contributed by atoms with Crippen molar-refractivity contribution in [3.8, 4) is 0 Å². The number of fused-ring (bicyclic) bond motifs is 1. The van der Waals surface area contributed by atoms with Gasteiger partial charge in [0.1, 0.15) is 6.54 Å². The van der Waals surface area contributed by atoms with Crippen LogP contribution >= 0.6 is 11.5 Å². The first-order valence-corrected chi connectivity index (χ1v) is 9.56. The van der Waals surface area contributed by atoms with Crippen LogP contribution in [0.15, 0.2) is 33.2 Å². The van der Waals surface area contributed by atoms with Crippen LogP contribution in [0.2, 0.25) is 0 Å². The van der Waals surface area contributed by atoms with Crippen LogP contribution in [-0.4, -0.2) is 19.4 Å². The number of aryl methyl sites for hydroxylation is 2. The van der Waals surface area contributed by atoms with E-state index < -0.39 is 11.2 Å². The molecule has 3 aromatic rings. The first kappa shape index (κ1) is 19.0. The third-order valence-corrected chi connectivity index (χ3v) is 4.88. The number of hydrogen-bond donors (Lipinski definition) is 1. The fourth-order valence-electron chi connectivity index (χ4n) is 2.92. The van der Waals surface area contributed by atoms with Crippen LogP contribution in [0.4, 0.5) is 5.69 Å². The Morgan fingerprint density at radius 3 is 2.67 bits per heavy atom. The van der Waals surface area contributed by atoms with Crippen LogP contribution in [0.25, 0.3) is 11.0 Å². The number of benzene rings is 1. The molecule has 0 fully saturated rings. The number of anilines is 1. The molecule has 27 heavy (non-hydrogen) atoms. The van der Waals surface area contributed by atoms with E-state index in [0.29, 0.717) is 11.2 Å². The highest BCUT2D eigenvalue weighted by Gasteiger charge is 2.18. The summed E-state index contributed by atoms with van der Waals surface area (Å²) in [5, 5.41) is 4.48. The second-order valence-corrected chi connectivity index (χ2v) is 7.72. The van der Waals surface area contributed by atoms with Crippen LogP contribution in [0.3, 0.4) is 0 Å². The van der Waals surface area contributed by atoms with Crippen molar-refractivity contribution < 1.29 is 4.79 Å². The van der Waals surface area contributed by atoms with Gasteiger partial charge < -0.3 is 5.32 Å². The number of amides is 1. The summed E-state index contributed by atoms with van der Waals surface area (Å²) in [5.41, 5.74) is 2.40. The van der Waals surface area contributed by atoms with Gasteiger partial charge in [-0.15, -0.1) is 0 Å². The van der Waals surface area contributed by atoms with Crippen molar-refractivity contribution in [2.45, 2.75) is 40.8 Å². The van der Waals surface area contributed by atoms with E-state index in [2.05, 4.69) is 9.69 Å². The van der Waals surface area contributed by atoms with Crippen LogP contribution in [0, 0.1) is 19.8 Å². The smallest absolute Gasteiger partial charge is 0.324 e. The van der Waals surface area contributed by atoms with Gasteiger partial charge >= 0.3 is 5.69 Å². The molecule has 1 amide bonds. The summed E-state index contributed by atoms with van der Waals surface area (Å²) in [6, 6.07) is 5.79. The van der Waals surface area contributed by atoms with Gasteiger partial charge in [0.15, 0.2) is 5.52 Å². The lowest BCUT2D eigenvalue weighted by Gasteiger charge is -2.14. The maximum Gasteiger partial charge on any atom is 0.332 e. The molecule has 0 radical (unpaired) electrons. The standard InChI is InChI=1S/C19H22N4O3S/c1-11(2)8-23-18(25)17-15(10-27-21-17)22(19(23)26)9-16(24)20-14-7-12(3)5-6-13(14)4/h5-7,10-11H,8-9H2,1-4H3,(H,20,24). The number of carbonyl (C=O) groups is 1. The van der Waals surface area contributed by atoms with Gasteiger partial charge in [-0.2, -0.15) is 4.37 Å². The summed E-state index contributed by atoms with van der Waals surface area (Å²) in [5.74, 6) is -0.211. The van der Waals surface area contributed by atoms with Gasteiger partial charge in [-0.1, -0.05) is 26.0 Å². The molecular weight excluding hydrogens is 364 g/mol. The molecule has 0 saturated carbocycles. The van der Waals surface area contributed by atoms with Gasteiger partial charge in [0.25, 0.3) is 5.56 Å². The van der Waals surface area contributed by atoms with E-state index in [4.69, 9.17) is 0 Å². The highest BCUT2D eigenvalue weighted by atomic mass is 32.1. The van der Waals surface area contributed by atoms with Crippen molar-refractivity contribution in [1.82, 2.24) is 13.5 Å². The molecule has 7 nitrogen and oxygen atoms in total. The quantitative estimate of drug-likeness (QED) is 0.730. The molecule has 0 aliphatic carbocycles. The molecule has 2 heterocycles. The molecule has 0 atom stereocenters. The highest BCUT2D eigenvalue weighted by molar-refractivity contribution is 7.04. The highest BCUT2D eigenvalue weighted by Crippen LogP contribution is 2.17. The van der Waals surface area contributed by atoms with Crippen LogP contribution in [0.5, 0.6) is 0 Å². The van der Waals surface area contributed by atoms with Crippen LogP contribution in [-0.2, 0) is 17.9 Å². The maximum atomic E-state index is 12.9. The van der Waals surface area contributed by atoms with E-state index in [-0.39, 0.29) is 30.4 Å². The van der Waals surface area contributed by atoms with Crippen molar-refractivity contribution in [3.63, 3.8) is 0 Å². The number of nitrogens with one attached hydrogen (secondary N) is 1. The summed E-state index contributed by atoms with van der Waals surface area (Å²) in [6.07, 6.45) is 0. The van der Waals surface area contributed by atoms with Crippen LogP contribution in [0.1, 0.15) is 25.0 Å². The summed E-state index contributed by atoms with van der Waals surface area (Å²) >= 11 is 1.10. The van der Waals surface area contributed by atoms with Gasteiger partial charge in [0, 0.05) is 17.6 Å². The zero-order chi connectivity index (χ0) is 19.7. The monoisotopic (exact) mass is 386 g/mol. The van der Waals surface area contributed by atoms with E-state index in [9.17, 15) is 14.4 Å². The van der Waals surface area contributed by atoms with Gasteiger partial charge in [-0.3, -0.25) is 18.7 Å². The molecule has 3 rings (SSSR count). The predicted molar refractivity (Wildman–Crippen MR) is 108 cm³/mol. The SMILES string of the molecule is Cc1ccc(C)c(NC(=O)Cn2c(=O)n(CC(C)C)c(=O)c3nscc32)c1. The Morgan fingerprint density at radius 1 is 1.22 bits per heavy atom. The molecule has 1 aromatic carbocycles. The lowest BCUT2D eigenvalue weighted by Crippen LogP contribution is -2.42. The zero-order valence-corrected chi connectivity index (χ0v) is 16.6. The Kier molecular flexibility index (Phi) is 5.27. The molecule has 2 aromatic heterocycles. The number of rotatable bonds is 5. The minimum atomic E-state index is -0.488. The van der Waals surface area contributed by atoms with Crippen molar-refractivity contribution in [2.24, 2.45) is 5.92 Å². The second kappa shape index (κ2) is 7.48. The minimum Gasteiger partial charge on any atom is -0.324 e. The molecule has 0 aliphatic rings. The summed E-state index contributed by atoms with van der Waals surface area (Å²) in [7, 11) is 0. The van der Waals surface area contributed by atoms with Gasteiger partial charge in [-0.25, -0.2) is 4.79 Å². The molecular formula is C19H22N4O3S. The third-order valence-electron chi connectivity index (χ3n) is 4.27. The topological polar surface area (TPSA) is 86.0 Å². The normalized spacial score (nSPS) is 11.3. The van der Waals surface area contributed by atoms with E-state index >= 15 is 0 Å². The Balaban J connectivity index is 2.00. The fourth-order valence-corrected chi connectivity index (χ4v) is 3.59. The van der Waals surface area contributed by atoms with Gasteiger partial charge in [-0.05, 0) is 48.5 Å². The lowest BCUT2D eigenvalue weighted by molar-refractivity contribution is -0.116. The van der Waals surface area contributed by atoms with Gasteiger partial charge in [0.2, 0.25) is 5.91 Å². The summed E-state index contributed by atoms with van der Waals surface area (Å²) in [6.45, 7) is 7.81.